The Balaban J connectivity index is 2.26. The van der Waals surface area contributed by atoms with Gasteiger partial charge in [0.2, 0.25) is 0 Å². The molecule has 1 aromatic rings. The highest BCUT2D eigenvalue weighted by Crippen LogP contribution is 2.23. The van der Waals surface area contributed by atoms with Gasteiger partial charge in [0.1, 0.15) is 5.75 Å². The molecule has 0 radical (unpaired) electrons. The Labute approximate surface area is 126 Å². The molecule has 1 atom stereocenters. The minimum atomic E-state index is -2.79. The molecule has 0 saturated carbocycles. The maximum absolute atomic E-state index is 12.2. The molecule has 0 fully saturated rings. The second-order valence-corrected chi connectivity index (χ2v) is 5.47. The average Bonchev–Trinajstić information content (AvgIpc) is 2.45. The van der Waals surface area contributed by atoms with E-state index in [1.165, 1.54) is 44.6 Å². The monoisotopic (exact) mass is 299 g/mol. The number of hydrogen-bond acceptors (Lipinski definition) is 2. The zero-order valence-corrected chi connectivity index (χ0v) is 12.9. The van der Waals surface area contributed by atoms with Gasteiger partial charge in [0.05, 0.1) is 0 Å². The van der Waals surface area contributed by atoms with Gasteiger partial charge in [-0.1, -0.05) is 64.0 Å². The van der Waals surface area contributed by atoms with E-state index in [4.69, 9.17) is 5.73 Å². The Kier molecular flexibility index (Phi) is 8.99. The molecule has 0 aliphatic rings. The van der Waals surface area contributed by atoms with Gasteiger partial charge in [-0.3, -0.25) is 0 Å². The van der Waals surface area contributed by atoms with Crippen LogP contribution in [0.3, 0.4) is 0 Å². The van der Waals surface area contributed by atoms with Gasteiger partial charge in [0, 0.05) is 6.04 Å². The fourth-order valence-electron chi connectivity index (χ4n) is 2.41. The van der Waals surface area contributed by atoms with E-state index < -0.39 is 6.61 Å². The SMILES string of the molecule is CCCCCCCCCC(N)c1cccc(OC(F)F)c1. The highest BCUT2D eigenvalue weighted by atomic mass is 19.3. The minimum absolute atomic E-state index is 0.109. The molecule has 2 nitrogen and oxygen atoms in total. The minimum Gasteiger partial charge on any atom is -0.435 e. The van der Waals surface area contributed by atoms with E-state index in [9.17, 15) is 8.78 Å². The summed E-state index contributed by atoms with van der Waals surface area (Å²) in [7, 11) is 0. The van der Waals surface area contributed by atoms with Crippen LogP contribution in [0.2, 0.25) is 0 Å². The highest BCUT2D eigenvalue weighted by Gasteiger charge is 2.09. The first-order valence-corrected chi connectivity index (χ1v) is 7.93. The molecule has 4 heteroatoms. The number of nitrogens with two attached hydrogens (primary N) is 1. The number of unbranched alkanes of at least 4 members (excludes halogenated alkanes) is 6. The number of ether oxygens (including phenoxy) is 1. The lowest BCUT2D eigenvalue weighted by molar-refractivity contribution is -0.0499. The van der Waals surface area contributed by atoms with E-state index in [2.05, 4.69) is 11.7 Å². The van der Waals surface area contributed by atoms with Gasteiger partial charge in [-0.25, -0.2) is 0 Å². The van der Waals surface area contributed by atoms with E-state index in [0.29, 0.717) is 0 Å². The molecular weight excluding hydrogens is 272 g/mol. The highest BCUT2D eigenvalue weighted by molar-refractivity contribution is 5.30. The molecule has 1 unspecified atom stereocenters. The van der Waals surface area contributed by atoms with Crippen molar-refractivity contribution in [2.75, 3.05) is 0 Å². The molecule has 1 rings (SSSR count). The summed E-state index contributed by atoms with van der Waals surface area (Å²) >= 11 is 0. The summed E-state index contributed by atoms with van der Waals surface area (Å²) in [4.78, 5) is 0. The van der Waals surface area contributed by atoms with Crippen molar-refractivity contribution in [2.45, 2.75) is 70.9 Å². The van der Waals surface area contributed by atoms with E-state index in [1.807, 2.05) is 6.07 Å². The topological polar surface area (TPSA) is 35.2 Å². The van der Waals surface area contributed by atoms with Gasteiger partial charge in [0.15, 0.2) is 0 Å². The predicted molar refractivity (Wildman–Crippen MR) is 82.6 cm³/mol. The third-order valence-electron chi connectivity index (χ3n) is 3.63. The number of benzene rings is 1. The van der Waals surface area contributed by atoms with Gasteiger partial charge in [0.25, 0.3) is 0 Å². The quantitative estimate of drug-likeness (QED) is 0.553. The van der Waals surface area contributed by atoms with Crippen molar-refractivity contribution in [1.82, 2.24) is 0 Å². The van der Waals surface area contributed by atoms with Crippen molar-refractivity contribution in [1.29, 1.82) is 0 Å². The second kappa shape index (κ2) is 10.6. The van der Waals surface area contributed by atoms with Gasteiger partial charge in [-0.15, -0.1) is 0 Å². The Morgan fingerprint density at radius 3 is 2.38 bits per heavy atom. The Morgan fingerprint density at radius 1 is 1.05 bits per heavy atom. The van der Waals surface area contributed by atoms with Gasteiger partial charge < -0.3 is 10.5 Å². The van der Waals surface area contributed by atoms with Crippen molar-refractivity contribution in [3.63, 3.8) is 0 Å². The molecular formula is C17H27F2NO. The van der Waals surface area contributed by atoms with Crippen molar-refractivity contribution in [3.05, 3.63) is 29.8 Å². The summed E-state index contributed by atoms with van der Waals surface area (Å²) in [6.45, 7) is -0.579. The zero-order valence-electron chi connectivity index (χ0n) is 12.9. The third kappa shape index (κ3) is 8.00. The standard InChI is InChI=1S/C17H27F2NO/c1-2-3-4-5-6-7-8-12-16(20)14-10-9-11-15(13-14)21-17(18)19/h9-11,13,16-17H,2-8,12,20H2,1H3. The molecule has 0 aliphatic carbocycles. The third-order valence-corrected chi connectivity index (χ3v) is 3.63. The molecule has 1 aromatic carbocycles. The van der Waals surface area contributed by atoms with Crippen LogP contribution < -0.4 is 10.5 Å². The summed E-state index contributed by atoms with van der Waals surface area (Å²) in [5.74, 6) is 0.178. The van der Waals surface area contributed by atoms with Gasteiger partial charge >= 0.3 is 6.61 Å². The van der Waals surface area contributed by atoms with Crippen LogP contribution in [0, 0.1) is 0 Å². The molecule has 0 bridgehead atoms. The number of halogens is 2. The normalized spacial score (nSPS) is 12.6. The Hall–Kier alpha value is -1.16. The Morgan fingerprint density at radius 2 is 1.71 bits per heavy atom. The molecule has 120 valence electrons. The average molecular weight is 299 g/mol. The maximum atomic E-state index is 12.2. The van der Waals surface area contributed by atoms with Crippen LogP contribution in [-0.2, 0) is 0 Å². The summed E-state index contributed by atoms with van der Waals surface area (Å²) in [6, 6.07) is 6.60. The predicted octanol–water partition coefficient (Wildman–Crippen LogP) is 5.43. The fraction of sp³-hybridized carbons (Fsp3) is 0.647. The first kappa shape index (κ1) is 17.9. The number of alkyl halides is 2. The van der Waals surface area contributed by atoms with Crippen LogP contribution in [0.15, 0.2) is 24.3 Å². The first-order valence-electron chi connectivity index (χ1n) is 7.93. The van der Waals surface area contributed by atoms with Crippen LogP contribution in [-0.4, -0.2) is 6.61 Å². The molecule has 0 spiro atoms. The van der Waals surface area contributed by atoms with Crippen LogP contribution in [0.25, 0.3) is 0 Å². The zero-order chi connectivity index (χ0) is 15.5. The Bertz CT molecular complexity index is 385. The summed E-state index contributed by atoms with van der Waals surface area (Å²) in [5, 5.41) is 0. The van der Waals surface area contributed by atoms with Crippen molar-refractivity contribution in [3.8, 4) is 5.75 Å². The van der Waals surface area contributed by atoms with E-state index in [1.54, 1.807) is 12.1 Å². The first-order chi connectivity index (χ1) is 10.1. The lowest BCUT2D eigenvalue weighted by Gasteiger charge is -2.13. The van der Waals surface area contributed by atoms with Crippen molar-refractivity contribution < 1.29 is 13.5 Å². The van der Waals surface area contributed by atoms with Crippen LogP contribution in [0.1, 0.15) is 69.9 Å². The fourth-order valence-corrected chi connectivity index (χ4v) is 2.41. The molecule has 0 aliphatic heterocycles. The summed E-state index contributed by atoms with van der Waals surface area (Å²) < 4.78 is 28.7. The number of hydrogen-bond donors (Lipinski definition) is 1. The lowest BCUT2D eigenvalue weighted by atomic mass is 10.00. The van der Waals surface area contributed by atoms with Crippen molar-refractivity contribution in [2.24, 2.45) is 5.73 Å². The van der Waals surface area contributed by atoms with E-state index in [0.717, 1.165) is 18.4 Å². The van der Waals surface area contributed by atoms with Crippen LogP contribution in [0.5, 0.6) is 5.75 Å². The molecule has 21 heavy (non-hydrogen) atoms. The second-order valence-electron chi connectivity index (χ2n) is 5.47. The molecule has 0 heterocycles. The number of rotatable bonds is 11. The summed E-state index contributed by atoms with van der Waals surface area (Å²) in [6.07, 6.45) is 9.58. The lowest BCUT2D eigenvalue weighted by Crippen LogP contribution is -2.10. The molecule has 0 aromatic heterocycles. The molecule has 2 N–H and O–H groups in total. The molecule has 0 saturated heterocycles. The summed E-state index contributed by atoms with van der Waals surface area (Å²) in [5.41, 5.74) is 6.97. The van der Waals surface area contributed by atoms with E-state index in [-0.39, 0.29) is 11.8 Å². The van der Waals surface area contributed by atoms with Gasteiger partial charge in [-0.05, 0) is 24.1 Å². The van der Waals surface area contributed by atoms with E-state index >= 15 is 0 Å². The maximum Gasteiger partial charge on any atom is 0.387 e. The smallest absolute Gasteiger partial charge is 0.387 e. The van der Waals surface area contributed by atoms with Gasteiger partial charge in [-0.2, -0.15) is 8.78 Å². The van der Waals surface area contributed by atoms with Crippen LogP contribution >= 0.6 is 0 Å². The largest absolute Gasteiger partial charge is 0.435 e. The molecule has 0 amide bonds. The van der Waals surface area contributed by atoms with Crippen LogP contribution in [0.4, 0.5) is 8.78 Å². The van der Waals surface area contributed by atoms with Crippen molar-refractivity contribution >= 4 is 0 Å².